The van der Waals surface area contributed by atoms with Crippen LogP contribution in [0.15, 0.2) is 53.6 Å². The molecule has 9 heteroatoms. The number of nitrogens with one attached hydrogen (secondary N) is 1. The van der Waals surface area contributed by atoms with Gasteiger partial charge in [-0.1, -0.05) is 57.2 Å². The van der Waals surface area contributed by atoms with Crippen molar-refractivity contribution in [3.8, 4) is 0 Å². The first-order chi connectivity index (χ1) is 20.2. The Bertz CT molecular complexity index is 1330. The van der Waals surface area contributed by atoms with E-state index in [-0.39, 0.29) is 23.5 Å². The number of carbonyl (C=O) groups excluding carboxylic acids is 2. The van der Waals surface area contributed by atoms with Crippen LogP contribution >= 0.6 is 0 Å². The van der Waals surface area contributed by atoms with Gasteiger partial charge in [0.05, 0.1) is 12.8 Å². The third-order valence-corrected chi connectivity index (χ3v) is 9.66. The minimum atomic E-state index is -0.817. The second-order valence-corrected chi connectivity index (χ2v) is 12.4. The van der Waals surface area contributed by atoms with Crippen molar-refractivity contribution >= 4 is 17.9 Å². The summed E-state index contributed by atoms with van der Waals surface area (Å²) in [6.07, 6.45) is 4.94. The van der Waals surface area contributed by atoms with Crippen LogP contribution < -0.4 is 5.43 Å². The van der Waals surface area contributed by atoms with Crippen molar-refractivity contribution in [1.82, 2.24) is 5.43 Å². The van der Waals surface area contributed by atoms with Gasteiger partial charge in [-0.15, -0.1) is 0 Å². The lowest BCUT2D eigenvalue weighted by Crippen LogP contribution is -2.70. The summed E-state index contributed by atoms with van der Waals surface area (Å²) in [5, 5.41) is 4.05. The van der Waals surface area contributed by atoms with E-state index in [0.29, 0.717) is 36.0 Å². The predicted molar refractivity (Wildman–Crippen MR) is 154 cm³/mol. The summed E-state index contributed by atoms with van der Waals surface area (Å²) in [4.78, 5) is 36.5. The van der Waals surface area contributed by atoms with Crippen LogP contribution in [0.25, 0.3) is 0 Å². The van der Waals surface area contributed by atoms with Gasteiger partial charge in [-0.05, 0) is 61.3 Å². The third kappa shape index (κ3) is 5.33. The topological polar surface area (TPSA) is 105 Å². The van der Waals surface area contributed by atoms with E-state index in [2.05, 4.69) is 24.4 Å². The average Bonchev–Trinajstić information content (AvgIpc) is 3.24. The number of nitrogens with zero attached hydrogens (tertiary/aromatic N) is 1. The molecule has 5 fully saturated rings. The predicted octanol–water partition coefficient (Wildman–Crippen LogP) is 5.77. The number of hydrogen-bond acceptors (Lipinski definition) is 8. The SMILES string of the molecule is CCC(=O)c1ccc(/C=N/NC(=O)c2ccc(COC3OC4O[C@@]5(C)CCC6[C@H](C)CCC([C@H]3C)[C@@]46OO5)cc2)cc1. The Labute approximate surface area is 246 Å². The number of carbonyl (C=O) groups is 2. The smallest absolute Gasteiger partial charge is 0.271 e. The average molecular weight is 577 g/mol. The van der Waals surface area contributed by atoms with E-state index in [1.54, 1.807) is 42.6 Å². The van der Waals surface area contributed by atoms with Crippen molar-refractivity contribution in [2.24, 2.45) is 28.8 Å². The molecule has 2 aromatic rings. The van der Waals surface area contributed by atoms with Crippen molar-refractivity contribution in [2.45, 2.75) is 90.4 Å². The van der Waals surface area contributed by atoms with Crippen LogP contribution in [0, 0.1) is 23.7 Å². The van der Waals surface area contributed by atoms with Crippen molar-refractivity contribution in [3.63, 3.8) is 0 Å². The zero-order valence-electron chi connectivity index (χ0n) is 24.7. The summed E-state index contributed by atoms with van der Waals surface area (Å²) >= 11 is 0. The molecule has 9 nitrogen and oxygen atoms in total. The minimum Gasteiger partial charge on any atom is -0.348 e. The second kappa shape index (κ2) is 11.6. The van der Waals surface area contributed by atoms with Crippen molar-refractivity contribution in [1.29, 1.82) is 0 Å². The molecule has 8 atom stereocenters. The van der Waals surface area contributed by atoms with E-state index in [1.807, 2.05) is 26.0 Å². The van der Waals surface area contributed by atoms with Gasteiger partial charge >= 0.3 is 0 Å². The number of ether oxygens (including phenoxy) is 3. The summed E-state index contributed by atoms with van der Waals surface area (Å²) in [7, 11) is 0. The lowest BCUT2D eigenvalue weighted by molar-refractivity contribution is -0.577. The lowest BCUT2D eigenvalue weighted by atomic mass is 9.58. The van der Waals surface area contributed by atoms with Gasteiger partial charge in [0.2, 0.25) is 5.79 Å². The fourth-order valence-corrected chi connectivity index (χ4v) is 7.18. The Morgan fingerprint density at radius 3 is 2.48 bits per heavy atom. The number of amides is 1. The Morgan fingerprint density at radius 1 is 1.00 bits per heavy atom. The molecule has 1 amide bonds. The largest absolute Gasteiger partial charge is 0.348 e. The first-order valence-corrected chi connectivity index (χ1v) is 15.1. The van der Waals surface area contributed by atoms with Gasteiger partial charge in [-0.3, -0.25) is 9.59 Å². The maximum Gasteiger partial charge on any atom is 0.271 e. The molecule has 1 spiro atoms. The third-order valence-electron chi connectivity index (χ3n) is 9.66. The number of hydrogen-bond donors (Lipinski definition) is 1. The minimum absolute atomic E-state index is 0.0893. The van der Waals surface area contributed by atoms with Crippen LogP contribution in [0.3, 0.4) is 0 Å². The molecule has 1 N–H and O–H groups in total. The highest BCUT2D eigenvalue weighted by molar-refractivity contribution is 5.97. The van der Waals surface area contributed by atoms with E-state index in [1.165, 1.54) is 0 Å². The zero-order chi connectivity index (χ0) is 29.5. The standard InChI is InChI=1S/C33H40N2O7/c1-5-28(36)24-11-7-22(8-12-24)18-34-35-29(37)25-13-9-23(10-14-25)19-38-30-21(3)27-15-6-20(2)26-16-17-32(4)40-31(39-30)33(26,27)42-41-32/h7-14,18,20-21,26-27,30-31H,5-6,15-17,19H2,1-4H3,(H,35,37)/b34-18+/t20-,21-,26?,27?,30?,31?,32-,33-/m1/s1. The number of hydrazone groups is 1. The van der Waals surface area contributed by atoms with Crippen LogP contribution in [-0.2, 0) is 30.6 Å². The first kappa shape index (κ1) is 29.1. The van der Waals surface area contributed by atoms with E-state index < -0.39 is 24.0 Å². The van der Waals surface area contributed by atoms with Gasteiger partial charge in [-0.2, -0.15) is 5.10 Å². The summed E-state index contributed by atoms with van der Waals surface area (Å²) in [6, 6.07) is 14.4. The zero-order valence-corrected chi connectivity index (χ0v) is 24.7. The number of ketones is 1. The molecule has 4 aliphatic heterocycles. The monoisotopic (exact) mass is 576 g/mol. The molecule has 224 valence electrons. The van der Waals surface area contributed by atoms with Crippen LogP contribution in [0.5, 0.6) is 0 Å². The Hall–Kier alpha value is -2.95. The fraction of sp³-hybridized carbons (Fsp3) is 0.545. The number of fused-ring (bicyclic) bond motifs is 2. The van der Waals surface area contributed by atoms with Crippen LogP contribution in [0.4, 0.5) is 0 Å². The highest BCUT2D eigenvalue weighted by Crippen LogP contribution is 2.60. The molecule has 2 bridgehead atoms. The maximum absolute atomic E-state index is 12.6. The molecule has 1 aliphatic carbocycles. The van der Waals surface area contributed by atoms with Crippen LogP contribution in [0.1, 0.15) is 91.6 Å². The molecule has 0 radical (unpaired) electrons. The molecule has 1 saturated carbocycles. The molecule has 7 rings (SSSR count). The van der Waals surface area contributed by atoms with Crippen LogP contribution in [0.2, 0.25) is 0 Å². The normalized spacial score (nSPS) is 35.4. The first-order valence-electron chi connectivity index (χ1n) is 15.1. The van der Waals surface area contributed by atoms with Crippen molar-refractivity contribution < 1.29 is 33.6 Å². The molecule has 42 heavy (non-hydrogen) atoms. The highest BCUT2D eigenvalue weighted by atomic mass is 17.3. The van der Waals surface area contributed by atoms with E-state index in [9.17, 15) is 9.59 Å². The Kier molecular flexibility index (Phi) is 8.06. The molecule has 5 aliphatic rings. The van der Waals surface area contributed by atoms with Gasteiger partial charge in [0.1, 0.15) is 0 Å². The Balaban J connectivity index is 1.05. The summed E-state index contributed by atoms with van der Waals surface area (Å²) < 4.78 is 19.2. The van der Waals surface area contributed by atoms with E-state index in [0.717, 1.165) is 36.8 Å². The summed E-state index contributed by atoms with van der Waals surface area (Å²) in [5.41, 5.74) is 4.81. The molecule has 4 saturated heterocycles. The maximum atomic E-state index is 12.6. The highest BCUT2D eigenvalue weighted by Gasteiger charge is 2.69. The van der Waals surface area contributed by atoms with Gasteiger partial charge < -0.3 is 14.2 Å². The molecule has 0 aromatic heterocycles. The van der Waals surface area contributed by atoms with Crippen LogP contribution in [-0.4, -0.2) is 41.9 Å². The van der Waals surface area contributed by atoms with Crippen molar-refractivity contribution in [2.75, 3.05) is 0 Å². The van der Waals surface area contributed by atoms with E-state index in [4.69, 9.17) is 24.0 Å². The summed E-state index contributed by atoms with van der Waals surface area (Å²) in [5.74, 6) is 0.0765. The molecular weight excluding hydrogens is 536 g/mol. The lowest BCUT2D eigenvalue weighted by Gasteiger charge is -2.60. The second-order valence-electron chi connectivity index (χ2n) is 12.4. The summed E-state index contributed by atoms with van der Waals surface area (Å²) in [6.45, 7) is 8.56. The molecule has 2 aromatic carbocycles. The fourth-order valence-electron chi connectivity index (χ4n) is 7.18. The molecule has 4 heterocycles. The van der Waals surface area contributed by atoms with Gasteiger partial charge in [0, 0.05) is 35.8 Å². The number of Topliss-reactive ketones (excluding diaryl/α,β-unsaturated/α-hetero) is 1. The van der Waals surface area contributed by atoms with Gasteiger partial charge in [0.15, 0.2) is 24.0 Å². The quantitative estimate of drug-likeness (QED) is 0.184. The van der Waals surface area contributed by atoms with Gasteiger partial charge in [-0.25, -0.2) is 15.2 Å². The molecular formula is C33H40N2O7. The Morgan fingerprint density at radius 2 is 1.74 bits per heavy atom. The molecule has 4 unspecified atom stereocenters. The number of benzene rings is 2. The van der Waals surface area contributed by atoms with E-state index >= 15 is 0 Å². The number of rotatable bonds is 8. The van der Waals surface area contributed by atoms with Gasteiger partial charge in [0.25, 0.3) is 5.91 Å². The van der Waals surface area contributed by atoms with Crippen molar-refractivity contribution in [3.05, 3.63) is 70.8 Å².